The molecule has 0 saturated carbocycles. The molecular formula is C12H21N3O4. The van der Waals surface area contributed by atoms with Crippen LogP contribution in [0.15, 0.2) is 0 Å². The third-order valence-electron chi connectivity index (χ3n) is 3.14. The molecule has 19 heavy (non-hydrogen) atoms. The molecule has 0 aromatic heterocycles. The first-order chi connectivity index (χ1) is 8.81. The summed E-state index contributed by atoms with van der Waals surface area (Å²) in [6.45, 7) is 6.10. The van der Waals surface area contributed by atoms with E-state index in [1.807, 2.05) is 13.8 Å². The van der Waals surface area contributed by atoms with Gasteiger partial charge in [-0.1, -0.05) is 6.92 Å². The minimum absolute atomic E-state index is 0.00672. The maximum absolute atomic E-state index is 11.6. The average molecular weight is 271 g/mol. The summed E-state index contributed by atoms with van der Waals surface area (Å²) in [6, 6.07) is -0.290. The lowest BCUT2D eigenvalue weighted by atomic mass is 9.87. The molecule has 1 atom stereocenters. The van der Waals surface area contributed by atoms with Gasteiger partial charge in [-0.25, -0.2) is 4.79 Å². The largest absolute Gasteiger partial charge is 0.481 e. The fourth-order valence-electron chi connectivity index (χ4n) is 1.84. The van der Waals surface area contributed by atoms with Crippen molar-refractivity contribution in [3.05, 3.63) is 0 Å². The number of nitrogens with zero attached hydrogens (tertiary/aromatic N) is 1. The van der Waals surface area contributed by atoms with Crippen LogP contribution in [0.1, 0.15) is 20.8 Å². The highest BCUT2D eigenvalue weighted by molar-refractivity contribution is 5.84. The summed E-state index contributed by atoms with van der Waals surface area (Å²) in [5.74, 6) is -1.54. The van der Waals surface area contributed by atoms with Gasteiger partial charge in [0, 0.05) is 25.0 Å². The van der Waals surface area contributed by atoms with E-state index in [2.05, 4.69) is 10.6 Å². The lowest BCUT2D eigenvalue weighted by Gasteiger charge is -2.40. The van der Waals surface area contributed by atoms with E-state index in [0.717, 1.165) is 0 Å². The number of aliphatic carboxylic acids is 1. The van der Waals surface area contributed by atoms with Crippen LogP contribution in [0.3, 0.4) is 0 Å². The molecule has 7 nitrogen and oxygen atoms in total. The van der Waals surface area contributed by atoms with Crippen LogP contribution in [-0.4, -0.2) is 53.6 Å². The number of carboxylic acid groups (broad SMARTS) is 1. The van der Waals surface area contributed by atoms with E-state index < -0.39 is 11.9 Å². The van der Waals surface area contributed by atoms with Crippen molar-refractivity contribution in [2.24, 2.45) is 11.8 Å². The molecule has 7 heteroatoms. The molecule has 3 amide bonds. The van der Waals surface area contributed by atoms with Crippen LogP contribution in [0.2, 0.25) is 0 Å². The number of hydrogen-bond acceptors (Lipinski definition) is 3. The number of carbonyl (C=O) groups is 3. The molecule has 0 aromatic carbocycles. The Kier molecular flexibility index (Phi) is 5.14. The third kappa shape index (κ3) is 4.42. The van der Waals surface area contributed by atoms with Gasteiger partial charge in [-0.3, -0.25) is 9.59 Å². The molecule has 0 aliphatic carbocycles. The van der Waals surface area contributed by atoms with Gasteiger partial charge in [0.1, 0.15) is 0 Å². The summed E-state index contributed by atoms with van der Waals surface area (Å²) in [7, 11) is 0. The molecule has 1 rings (SSSR count). The molecule has 1 fully saturated rings. The summed E-state index contributed by atoms with van der Waals surface area (Å²) in [4.78, 5) is 35.2. The molecule has 0 spiro atoms. The van der Waals surface area contributed by atoms with Crippen LogP contribution < -0.4 is 10.6 Å². The molecule has 108 valence electrons. The van der Waals surface area contributed by atoms with Crippen molar-refractivity contribution in [2.45, 2.75) is 26.8 Å². The number of rotatable bonds is 5. The van der Waals surface area contributed by atoms with E-state index in [4.69, 9.17) is 5.11 Å². The number of urea groups is 1. The first kappa shape index (κ1) is 15.3. The standard InChI is InChI=1S/C12H21N3O4/c1-7(2)14-10(16)4-13-12(19)15-5-9(6-15)8(3)11(17)18/h7-9H,4-6H2,1-3H3,(H,13,19)(H,14,16)(H,17,18). The van der Waals surface area contributed by atoms with E-state index in [9.17, 15) is 14.4 Å². The number of likely N-dealkylation sites (tertiary alicyclic amines) is 1. The maximum atomic E-state index is 11.6. The Balaban J connectivity index is 2.23. The van der Waals surface area contributed by atoms with Gasteiger partial charge >= 0.3 is 12.0 Å². The van der Waals surface area contributed by atoms with Crippen molar-refractivity contribution >= 4 is 17.9 Å². The lowest BCUT2D eigenvalue weighted by Crippen LogP contribution is -2.57. The minimum Gasteiger partial charge on any atom is -0.481 e. The van der Waals surface area contributed by atoms with Gasteiger partial charge in [0.15, 0.2) is 0 Å². The first-order valence-corrected chi connectivity index (χ1v) is 6.36. The Labute approximate surface area is 112 Å². The molecular weight excluding hydrogens is 250 g/mol. The number of hydrogen-bond donors (Lipinski definition) is 3. The number of carboxylic acids is 1. The Morgan fingerprint density at radius 1 is 1.26 bits per heavy atom. The zero-order chi connectivity index (χ0) is 14.6. The Morgan fingerprint density at radius 3 is 2.32 bits per heavy atom. The maximum Gasteiger partial charge on any atom is 0.317 e. The highest BCUT2D eigenvalue weighted by Gasteiger charge is 2.37. The van der Waals surface area contributed by atoms with E-state index in [-0.39, 0.29) is 30.4 Å². The normalized spacial score (nSPS) is 16.7. The van der Waals surface area contributed by atoms with Gasteiger partial charge in [0.05, 0.1) is 12.5 Å². The van der Waals surface area contributed by atoms with E-state index in [1.54, 1.807) is 6.92 Å². The first-order valence-electron chi connectivity index (χ1n) is 6.36. The van der Waals surface area contributed by atoms with Gasteiger partial charge in [0.25, 0.3) is 0 Å². The van der Waals surface area contributed by atoms with Gasteiger partial charge < -0.3 is 20.6 Å². The topological polar surface area (TPSA) is 98.7 Å². The summed E-state index contributed by atoms with van der Waals surface area (Å²) in [5.41, 5.74) is 0. The molecule has 1 aliphatic rings. The smallest absolute Gasteiger partial charge is 0.317 e. The van der Waals surface area contributed by atoms with Gasteiger partial charge in [-0.05, 0) is 13.8 Å². The SMILES string of the molecule is CC(C)NC(=O)CNC(=O)N1CC(C(C)C(=O)O)C1. The van der Waals surface area contributed by atoms with Crippen molar-refractivity contribution in [2.75, 3.05) is 19.6 Å². The summed E-state index contributed by atoms with van der Waals surface area (Å²) >= 11 is 0. The summed E-state index contributed by atoms with van der Waals surface area (Å²) in [6.07, 6.45) is 0. The Bertz CT molecular complexity index is 364. The molecule has 1 saturated heterocycles. The van der Waals surface area contributed by atoms with E-state index in [0.29, 0.717) is 13.1 Å². The molecule has 1 aliphatic heterocycles. The third-order valence-corrected chi connectivity index (χ3v) is 3.14. The van der Waals surface area contributed by atoms with Crippen molar-refractivity contribution < 1.29 is 19.5 Å². The predicted octanol–water partition coefficient (Wildman–Crippen LogP) is -0.127. The van der Waals surface area contributed by atoms with Gasteiger partial charge in [0.2, 0.25) is 5.91 Å². The molecule has 1 unspecified atom stereocenters. The van der Waals surface area contributed by atoms with Crippen LogP contribution in [-0.2, 0) is 9.59 Å². The molecule has 1 heterocycles. The fraction of sp³-hybridized carbons (Fsp3) is 0.750. The van der Waals surface area contributed by atoms with Gasteiger partial charge in [-0.15, -0.1) is 0 Å². The Morgan fingerprint density at radius 2 is 1.84 bits per heavy atom. The number of carbonyl (C=O) groups excluding carboxylic acids is 2. The van der Waals surface area contributed by atoms with Crippen LogP contribution in [0, 0.1) is 11.8 Å². The molecule has 0 radical (unpaired) electrons. The Hall–Kier alpha value is -1.79. The van der Waals surface area contributed by atoms with Crippen LogP contribution in [0.5, 0.6) is 0 Å². The summed E-state index contributed by atoms with van der Waals surface area (Å²) < 4.78 is 0. The second-order valence-electron chi connectivity index (χ2n) is 5.17. The summed E-state index contributed by atoms with van der Waals surface area (Å²) in [5, 5.41) is 14.0. The van der Waals surface area contributed by atoms with E-state index in [1.165, 1.54) is 4.90 Å². The zero-order valence-electron chi connectivity index (χ0n) is 11.5. The van der Waals surface area contributed by atoms with Crippen molar-refractivity contribution in [3.8, 4) is 0 Å². The van der Waals surface area contributed by atoms with Crippen molar-refractivity contribution in [3.63, 3.8) is 0 Å². The van der Waals surface area contributed by atoms with Crippen LogP contribution in [0.25, 0.3) is 0 Å². The zero-order valence-corrected chi connectivity index (χ0v) is 11.5. The number of amides is 3. The van der Waals surface area contributed by atoms with E-state index >= 15 is 0 Å². The predicted molar refractivity (Wildman–Crippen MR) is 68.5 cm³/mol. The van der Waals surface area contributed by atoms with Crippen molar-refractivity contribution in [1.82, 2.24) is 15.5 Å². The highest BCUT2D eigenvalue weighted by Crippen LogP contribution is 2.23. The second kappa shape index (κ2) is 6.40. The van der Waals surface area contributed by atoms with Crippen LogP contribution >= 0.6 is 0 Å². The van der Waals surface area contributed by atoms with Crippen LogP contribution in [0.4, 0.5) is 4.79 Å². The molecule has 3 N–H and O–H groups in total. The fourth-order valence-corrected chi connectivity index (χ4v) is 1.84. The lowest BCUT2D eigenvalue weighted by molar-refractivity contribution is -0.144. The molecule has 0 bridgehead atoms. The second-order valence-corrected chi connectivity index (χ2v) is 5.17. The highest BCUT2D eigenvalue weighted by atomic mass is 16.4. The quantitative estimate of drug-likeness (QED) is 0.649. The molecule has 0 aromatic rings. The average Bonchev–Trinajstić information content (AvgIpc) is 2.23. The minimum atomic E-state index is -0.846. The monoisotopic (exact) mass is 271 g/mol. The number of nitrogens with one attached hydrogen (secondary N) is 2. The van der Waals surface area contributed by atoms with Gasteiger partial charge in [-0.2, -0.15) is 0 Å². The van der Waals surface area contributed by atoms with Crippen molar-refractivity contribution in [1.29, 1.82) is 0 Å².